The zero-order valence-electron chi connectivity index (χ0n) is 12.9. The predicted molar refractivity (Wildman–Crippen MR) is 82.4 cm³/mol. The van der Waals surface area contributed by atoms with Gasteiger partial charge in [-0.25, -0.2) is 0 Å². The molecule has 1 aromatic rings. The molecule has 1 heterocycles. The zero-order chi connectivity index (χ0) is 13.9. The van der Waals surface area contributed by atoms with Gasteiger partial charge in [0.2, 0.25) is 0 Å². The van der Waals surface area contributed by atoms with Crippen molar-refractivity contribution in [2.24, 2.45) is 0 Å². The van der Waals surface area contributed by atoms with Gasteiger partial charge in [0.05, 0.1) is 0 Å². The molecule has 1 unspecified atom stereocenters. The van der Waals surface area contributed by atoms with E-state index in [0.717, 1.165) is 13.1 Å². The van der Waals surface area contributed by atoms with E-state index in [4.69, 9.17) is 0 Å². The Balaban J connectivity index is 1.90. The summed E-state index contributed by atoms with van der Waals surface area (Å²) in [5.41, 5.74) is 3.30. The van der Waals surface area contributed by atoms with Crippen LogP contribution in [0.15, 0.2) is 24.3 Å². The number of nitrogens with one attached hydrogen (secondary N) is 1. The van der Waals surface area contributed by atoms with Gasteiger partial charge >= 0.3 is 0 Å². The van der Waals surface area contributed by atoms with Gasteiger partial charge in [0, 0.05) is 31.2 Å². The van der Waals surface area contributed by atoms with Crippen molar-refractivity contribution < 1.29 is 0 Å². The first-order valence-electron chi connectivity index (χ1n) is 7.57. The van der Waals surface area contributed by atoms with Crippen LogP contribution >= 0.6 is 0 Å². The number of benzene rings is 1. The van der Waals surface area contributed by atoms with Crippen LogP contribution in [0, 0.1) is 0 Å². The average Bonchev–Trinajstić information content (AvgIpc) is 2.44. The second kappa shape index (κ2) is 6.06. The van der Waals surface area contributed by atoms with Gasteiger partial charge in [0.15, 0.2) is 0 Å². The molecular formula is C17H28N2. The van der Waals surface area contributed by atoms with Gasteiger partial charge < -0.3 is 5.32 Å². The average molecular weight is 260 g/mol. The molecule has 1 atom stereocenters. The molecule has 0 saturated carbocycles. The first kappa shape index (κ1) is 14.5. The lowest BCUT2D eigenvalue weighted by atomic mass is 9.98. The van der Waals surface area contributed by atoms with E-state index >= 15 is 0 Å². The summed E-state index contributed by atoms with van der Waals surface area (Å²) >= 11 is 0. The molecule has 0 aromatic heterocycles. The van der Waals surface area contributed by atoms with Crippen molar-refractivity contribution in [1.82, 2.24) is 10.2 Å². The van der Waals surface area contributed by atoms with Crippen LogP contribution in [0.5, 0.6) is 0 Å². The Bertz CT molecular complexity index is 411. The highest BCUT2D eigenvalue weighted by atomic mass is 15.2. The number of fused-ring (bicyclic) bond motifs is 1. The van der Waals surface area contributed by atoms with Crippen LogP contribution < -0.4 is 5.32 Å². The van der Waals surface area contributed by atoms with E-state index in [1.165, 1.54) is 30.5 Å². The Morgan fingerprint density at radius 1 is 1.26 bits per heavy atom. The maximum atomic E-state index is 3.69. The lowest BCUT2D eigenvalue weighted by Crippen LogP contribution is -2.48. The molecule has 0 fully saturated rings. The Morgan fingerprint density at radius 3 is 2.63 bits per heavy atom. The molecule has 106 valence electrons. The second-order valence-corrected chi connectivity index (χ2v) is 6.46. The van der Waals surface area contributed by atoms with Crippen LogP contribution in [0.4, 0.5) is 0 Å². The molecule has 0 saturated heterocycles. The van der Waals surface area contributed by atoms with Gasteiger partial charge in [-0.1, -0.05) is 31.2 Å². The monoisotopic (exact) mass is 260 g/mol. The summed E-state index contributed by atoms with van der Waals surface area (Å²) in [5, 5.41) is 3.69. The third kappa shape index (κ3) is 3.80. The minimum Gasteiger partial charge on any atom is -0.310 e. The van der Waals surface area contributed by atoms with Crippen LogP contribution in [-0.2, 0) is 13.0 Å². The molecule has 1 aromatic carbocycles. The fourth-order valence-corrected chi connectivity index (χ4v) is 2.57. The zero-order valence-corrected chi connectivity index (χ0v) is 12.9. The van der Waals surface area contributed by atoms with Crippen molar-refractivity contribution in [1.29, 1.82) is 0 Å². The summed E-state index contributed by atoms with van der Waals surface area (Å²) in [6.07, 6.45) is 2.36. The van der Waals surface area contributed by atoms with Gasteiger partial charge in [0.25, 0.3) is 0 Å². The first-order valence-corrected chi connectivity index (χ1v) is 7.57. The van der Waals surface area contributed by atoms with E-state index in [2.05, 4.69) is 62.2 Å². The topological polar surface area (TPSA) is 15.3 Å². The van der Waals surface area contributed by atoms with E-state index in [0.29, 0.717) is 6.04 Å². The van der Waals surface area contributed by atoms with E-state index in [9.17, 15) is 0 Å². The number of rotatable bonds is 5. The fraction of sp³-hybridized carbons (Fsp3) is 0.647. The largest absolute Gasteiger partial charge is 0.310 e. The summed E-state index contributed by atoms with van der Waals surface area (Å²) in [6.45, 7) is 12.5. The highest BCUT2D eigenvalue weighted by molar-refractivity contribution is 5.29. The van der Waals surface area contributed by atoms with Crippen molar-refractivity contribution in [3.8, 4) is 0 Å². The van der Waals surface area contributed by atoms with E-state index in [-0.39, 0.29) is 5.54 Å². The molecular weight excluding hydrogens is 232 g/mol. The summed E-state index contributed by atoms with van der Waals surface area (Å²) in [7, 11) is 0. The molecule has 0 aliphatic carbocycles. The van der Waals surface area contributed by atoms with Crippen molar-refractivity contribution >= 4 is 0 Å². The van der Waals surface area contributed by atoms with E-state index in [1.54, 1.807) is 0 Å². The molecule has 2 rings (SSSR count). The van der Waals surface area contributed by atoms with Gasteiger partial charge in [0.1, 0.15) is 0 Å². The fourth-order valence-electron chi connectivity index (χ4n) is 2.57. The molecule has 0 radical (unpaired) electrons. The maximum Gasteiger partial charge on any atom is 0.0239 e. The molecule has 0 amide bonds. The molecule has 0 bridgehead atoms. The Morgan fingerprint density at radius 2 is 1.95 bits per heavy atom. The lowest BCUT2D eigenvalue weighted by Gasteiger charge is -2.36. The summed E-state index contributed by atoms with van der Waals surface area (Å²) in [5.74, 6) is 0. The quantitative estimate of drug-likeness (QED) is 0.874. The number of nitrogens with zero attached hydrogens (tertiary/aromatic N) is 1. The highest BCUT2D eigenvalue weighted by Gasteiger charge is 2.22. The molecule has 1 aliphatic heterocycles. The predicted octanol–water partition coefficient (Wildman–Crippen LogP) is 3.21. The van der Waals surface area contributed by atoms with Crippen molar-refractivity contribution in [2.75, 3.05) is 13.1 Å². The molecule has 2 nitrogen and oxygen atoms in total. The normalized spacial score (nSPS) is 18.1. The van der Waals surface area contributed by atoms with Crippen LogP contribution in [0.3, 0.4) is 0 Å². The van der Waals surface area contributed by atoms with Crippen LogP contribution in [0.2, 0.25) is 0 Å². The Kier molecular flexibility index (Phi) is 4.64. The van der Waals surface area contributed by atoms with Gasteiger partial charge in [-0.3, -0.25) is 4.90 Å². The van der Waals surface area contributed by atoms with Crippen LogP contribution in [0.1, 0.15) is 45.2 Å². The van der Waals surface area contributed by atoms with Crippen LogP contribution in [-0.4, -0.2) is 29.6 Å². The minimum absolute atomic E-state index is 0.252. The van der Waals surface area contributed by atoms with Crippen molar-refractivity contribution in [2.45, 2.75) is 58.7 Å². The van der Waals surface area contributed by atoms with Gasteiger partial charge in [-0.2, -0.15) is 0 Å². The molecule has 0 spiro atoms. The Labute approximate surface area is 118 Å². The second-order valence-electron chi connectivity index (χ2n) is 6.46. The third-order valence-electron chi connectivity index (χ3n) is 4.54. The Hall–Kier alpha value is -0.860. The number of hydrogen-bond donors (Lipinski definition) is 1. The first-order chi connectivity index (χ1) is 9.02. The van der Waals surface area contributed by atoms with Crippen LogP contribution in [0.25, 0.3) is 0 Å². The molecule has 1 N–H and O–H groups in total. The molecule has 2 heteroatoms. The van der Waals surface area contributed by atoms with Gasteiger partial charge in [-0.15, -0.1) is 0 Å². The summed E-state index contributed by atoms with van der Waals surface area (Å²) < 4.78 is 0. The van der Waals surface area contributed by atoms with Crippen molar-refractivity contribution in [3.05, 3.63) is 35.4 Å². The van der Waals surface area contributed by atoms with Gasteiger partial charge in [-0.05, 0) is 44.7 Å². The number of hydrogen-bond acceptors (Lipinski definition) is 2. The maximum absolute atomic E-state index is 3.69. The minimum atomic E-state index is 0.252. The smallest absolute Gasteiger partial charge is 0.0239 e. The van der Waals surface area contributed by atoms with Crippen molar-refractivity contribution in [3.63, 3.8) is 0 Å². The molecule has 1 aliphatic rings. The third-order valence-corrected chi connectivity index (χ3v) is 4.54. The SMILES string of the molecule is CCC(C)(C)NCC(C)N1CCc2ccccc2C1. The summed E-state index contributed by atoms with van der Waals surface area (Å²) in [4.78, 5) is 2.60. The van der Waals surface area contributed by atoms with E-state index in [1.807, 2.05) is 0 Å². The lowest BCUT2D eigenvalue weighted by molar-refractivity contribution is 0.176. The van der Waals surface area contributed by atoms with E-state index < -0.39 is 0 Å². The highest BCUT2D eigenvalue weighted by Crippen LogP contribution is 2.20. The standard InChI is InChI=1S/C17H28N2/c1-5-17(3,4)18-12-14(2)19-11-10-15-8-6-7-9-16(15)13-19/h6-9,14,18H,5,10-13H2,1-4H3. The summed E-state index contributed by atoms with van der Waals surface area (Å²) in [6, 6.07) is 9.46. The molecule has 19 heavy (non-hydrogen) atoms.